The Hall–Kier alpha value is -3.16. The summed E-state index contributed by atoms with van der Waals surface area (Å²) in [5.41, 5.74) is 1.71. The molecule has 1 aliphatic heterocycles. The van der Waals surface area contributed by atoms with E-state index in [1.54, 1.807) is 12.1 Å². The molecule has 9 nitrogen and oxygen atoms in total. The first-order valence-electron chi connectivity index (χ1n) is 12.7. The minimum Gasteiger partial charge on any atom is -0.496 e. The first-order chi connectivity index (χ1) is 18.7. The van der Waals surface area contributed by atoms with E-state index in [9.17, 15) is 26.4 Å². The fraction of sp³-hybridized carbons (Fsp3) is 0.481. The fourth-order valence-electron chi connectivity index (χ4n) is 4.56. The molecule has 13 heteroatoms. The molecule has 0 fully saturated rings. The average molecular weight is 589 g/mol. The summed E-state index contributed by atoms with van der Waals surface area (Å²) in [7, 11) is -2.08. The molecule has 3 rings (SSSR count). The van der Waals surface area contributed by atoms with Crippen molar-refractivity contribution >= 4 is 21.8 Å². The molecule has 0 aromatic heterocycles. The van der Waals surface area contributed by atoms with E-state index in [1.165, 1.54) is 7.11 Å². The van der Waals surface area contributed by atoms with Crippen LogP contribution < -0.4 is 15.4 Å². The highest BCUT2D eigenvalue weighted by Gasteiger charge is 2.42. The molecule has 0 spiro atoms. The smallest absolute Gasteiger partial charge is 0.490 e. The maximum Gasteiger partial charge on any atom is 0.490 e. The van der Waals surface area contributed by atoms with Crippen molar-refractivity contribution in [3.63, 3.8) is 0 Å². The van der Waals surface area contributed by atoms with Crippen LogP contribution in [0, 0.1) is 0 Å². The Balaban J connectivity index is 0.000000708. The predicted molar refractivity (Wildman–Crippen MR) is 142 cm³/mol. The van der Waals surface area contributed by atoms with Crippen LogP contribution in [0.4, 0.5) is 13.2 Å². The lowest BCUT2D eigenvalue weighted by Gasteiger charge is -2.36. The summed E-state index contributed by atoms with van der Waals surface area (Å²) in [4.78, 5) is 20.1. The van der Waals surface area contributed by atoms with Crippen LogP contribution in [-0.4, -0.2) is 61.7 Å². The Kier molecular flexibility index (Phi) is 11.5. The van der Waals surface area contributed by atoms with E-state index in [0.717, 1.165) is 24.8 Å². The van der Waals surface area contributed by atoms with Crippen molar-refractivity contribution in [2.75, 3.05) is 19.4 Å². The summed E-state index contributed by atoms with van der Waals surface area (Å²) in [6.45, 7) is 4.12. The standard InChI is InChI=1S/C25H34N2O5S.C2HF3O2/c1-4-6-12-25(5-2)17-33(30,31)22-13-19(15-26-16-23(28)29)21(32-3)14-20(22)24(27-25)18-10-8-7-9-11-18;3-2(4,5)1(6)7/h7-11,13-14,24,26-27H,4-6,12,15-17H2,1-3H3,(H,28,29);(H,6,7)/t24-,25+;/m0./s1. The van der Waals surface area contributed by atoms with Gasteiger partial charge in [0.15, 0.2) is 9.84 Å². The van der Waals surface area contributed by atoms with E-state index in [-0.39, 0.29) is 29.8 Å². The zero-order chi connectivity index (χ0) is 30.1. The summed E-state index contributed by atoms with van der Waals surface area (Å²) in [5.74, 6) is -3.19. The topological polar surface area (TPSA) is 142 Å². The first-order valence-corrected chi connectivity index (χ1v) is 14.3. The monoisotopic (exact) mass is 588 g/mol. The molecule has 0 radical (unpaired) electrons. The molecule has 1 aliphatic rings. The van der Waals surface area contributed by atoms with Gasteiger partial charge in [-0.25, -0.2) is 13.2 Å². The number of unbranched alkanes of at least 4 members (excludes halogenated alkanes) is 1. The summed E-state index contributed by atoms with van der Waals surface area (Å²) >= 11 is 0. The number of sulfone groups is 1. The van der Waals surface area contributed by atoms with Gasteiger partial charge in [0.25, 0.3) is 0 Å². The molecular weight excluding hydrogens is 553 g/mol. The summed E-state index contributed by atoms with van der Waals surface area (Å²) in [5, 5.41) is 22.7. The van der Waals surface area contributed by atoms with Gasteiger partial charge in [-0.2, -0.15) is 13.2 Å². The number of benzene rings is 2. The Labute approximate surface area is 231 Å². The molecule has 4 N–H and O–H groups in total. The van der Waals surface area contributed by atoms with E-state index >= 15 is 0 Å². The summed E-state index contributed by atoms with van der Waals surface area (Å²) in [6.07, 6.45) is -1.71. The van der Waals surface area contributed by atoms with Gasteiger partial charge in [-0.05, 0) is 36.1 Å². The van der Waals surface area contributed by atoms with Crippen molar-refractivity contribution in [3.8, 4) is 5.75 Å². The molecule has 1 heterocycles. The van der Waals surface area contributed by atoms with Crippen LogP contribution in [0.1, 0.15) is 62.3 Å². The number of hydrogen-bond acceptors (Lipinski definition) is 7. The van der Waals surface area contributed by atoms with Crippen molar-refractivity contribution < 1.29 is 46.1 Å². The number of hydrogen-bond donors (Lipinski definition) is 4. The number of carboxylic acids is 2. The molecule has 2 aromatic carbocycles. The second-order valence-electron chi connectivity index (χ2n) is 9.49. The van der Waals surface area contributed by atoms with Gasteiger partial charge in [0.05, 0.1) is 30.3 Å². The van der Waals surface area contributed by atoms with Gasteiger partial charge in [-0.15, -0.1) is 0 Å². The SMILES string of the molecule is CCCC[C@]1(CC)CS(=O)(=O)c2cc(CNCC(=O)O)c(OC)cc2[C@H](c2ccccc2)N1.O=C(O)C(F)(F)F. The number of rotatable bonds is 10. The number of aliphatic carboxylic acids is 2. The minimum atomic E-state index is -5.08. The van der Waals surface area contributed by atoms with E-state index in [0.29, 0.717) is 23.3 Å². The maximum absolute atomic E-state index is 13.7. The normalized spacial score (nSPS) is 19.9. The third kappa shape index (κ3) is 8.67. The lowest BCUT2D eigenvalue weighted by Crippen LogP contribution is -2.50. The predicted octanol–water partition coefficient (Wildman–Crippen LogP) is 4.31. The second-order valence-corrected chi connectivity index (χ2v) is 11.4. The van der Waals surface area contributed by atoms with Gasteiger partial charge in [0.2, 0.25) is 0 Å². The van der Waals surface area contributed by atoms with Crippen molar-refractivity contribution in [2.24, 2.45) is 0 Å². The lowest BCUT2D eigenvalue weighted by molar-refractivity contribution is -0.192. The van der Waals surface area contributed by atoms with Gasteiger partial charge < -0.3 is 20.3 Å². The molecule has 40 heavy (non-hydrogen) atoms. The average Bonchev–Trinajstić information content (AvgIpc) is 2.99. The number of fused-ring (bicyclic) bond motifs is 1. The zero-order valence-corrected chi connectivity index (χ0v) is 23.4. The van der Waals surface area contributed by atoms with Gasteiger partial charge in [-0.3, -0.25) is 10.1 Å². The third-order valence-electron chi connectivity index (χ3n) is 6.63. The van der Waals surface area contributed by atoms with Crippen molar-refractivity contribution in [1.29, 1.82) is 0 Å². The number of ether oxygens (including phenoxy) is 1. The molecule has 0 aliphatic carbocycles. The second kappa shape index (κ2) is 14.0. The van der Waals surface area contributed by atoms with Gasteiger partial charge >= 0.3 is 18.1 Å². The third-order valence-corrected chi connectivity index (χ3v) is 8.58. The van der Waals surface area contributed by atoms with E-state index < -0.39 is 33.5 Å². The lowest BCUT2D eigenvalue weighted by atomic mass is 9.88. The molecule has 0 unspecified atom stereocenters. The Morgan fingerprint density at radius 1 is 1.15 bits per heavy atom. The highest BCUT2D eigenvalue weighted by molar-refractivity contribution is 7.91. The summed E-state index contributed by atoms with van der Waals surface area (Å²) in [6, 6.07) is 13.0. The van der Waals surface area contributed by atoms with Crippen molar-refractivity contribution in [1.82, 2.24) is 10.6 Å². The molecule has 0 saturated carbocycles. The molecular formula is C27H35F3N2O7S. The van der Waals surface area contributed by atoms with Gasteiger partial charge in [-0.1, -0.05) is 57.0 Å². The number of halogens is 3. The maximum atomic E-state index is 13.7. The Morgan fingerprint density at radius 2 is 1.77 bits per heavy atom. The zero-order valence-electron chi connectivity index (χ0n) is 22.5. The van der Waals surface area contributed by atoms with Gasteiger partial charge in [0.1, 0.15) is 5.75 Å². The Bertz CT molecular complexity index is 1270. The number of carboxylic acid groups (broad SMARTS) is 2. The number of alkyl halides is 3. The molecule has 0 amide bonds. The van der Waals surface area contributed by atoms with Crippen LogP contribution in [0.2, 0.25) is 0 Å². The fourth-order valence-corrected chi connectivity index (χ4v) is 6.73. The largest absolute Gasteiger partial charge is 0.496 e. The van der Waals surface area contributed by atoms with Crippen LogP contribution in [0.15, 0.2) is 47.4 Å². The molecule has 222 valence electrons. The first kappa shape index (κ1) is 33.0. The van der Waals surface area contributed by atoms with Crippen LogP contribution in [0.3, 0.4) is 0 Å². The van der Waals surface area contributed by atoms with E-state index in [4.69, 9.17) is 19.7 Å². The number of nitrogens with one attached hydrogen (secondary N) is 2. The van der Waals surface area contributed by atoms with Crippen molar-refractivity contribution in [2.45, 2.75) is 68.7 Å². The molecule has 0 saturated heterocycles. The highest BCUT2D eigenvalue weighted by atomic mass is 32.2. The summed E-state index contributed by atoms with van der Waals surface area (Å²) < 4.78 is 64.8. The van der Waals surface area contributed by atoms with Crippen LogP contribution in [0.25, 0.3) is 0 Å². The van der Waals surface area contributed by atoms with Crippen molar-refractivity contribution in [3.05, 3.63) is 59.2 Å². The quantitative estimate of drug-likeness (QED) is 0.319. The van der Waals surface area contributed by atoms with E-state index in [1.807, 2.05) is 37.3 Å². The molecule has 2 aromatic rings. The minimum absolute atomic E-state index is 0.0150. The Morgan fingerprint density at radius 3 is 2.27 bits per heavy atom. The van der Waals surface area contributed by atoms with Crippen LogP contribution in [-0.2, 0) is 26.0 Å². The molecule has 2 atom stereocenters. The highest BCUT2D eigenvalue weighted by Crippen LogP contribution is 2.40. The van der Waals surface area contributed by atoms with Crippen LogP contribution >= 0.6 is 0 Å². The number of methoxy groups -OCH3 is 1. The van der Waals surface area contributed by atoms with Gasteiger partial charge in [0, 0.05) is 17.6 Å². The van der Waals surface area contributed by atoms with Crippen LogP contribution in [0.5, 0.6) is 5.75 Å². The van der Waals surface area contributed by atoms with E-state index in [2.05, 4.69) is 17.6 Å². The molecule has 0 bridgehead atoms. The number of carbonyl (C=O) groups is 2.